The molecule has 0 aliphatic rings. The summed E-state index contributed by atoms with van der Waals surface area (Å²) < 4.78 is 0. The second-order valence-corrected chi connectivity index (χ2v) is 7.16. The van der Waals surface area contributed by atoms with Crippen LogP contribution in [0, 0.1) is 10.8 Å². The molecule has 3 aromatic rings. The fraction of sp³-hybridized carbons (Fsp3) is 0.217. The average Bonchev–Trinajstić information content (AvgIpc) is 2.74. The summed E-state index contributed by atoms with van der Waals surface area (Å²) in [5, 5.41) is 17.4. The Bertz CT molecular complexity index is 951. The predicted molar refractivity (Wildman–Crippen MR) is 121 cm³/mol. The molecule has 0 aliphatic carbocycles. The Kier molecular flexibility index (Phi) is 7.10. The van der Waals surface area contributed by atoms with Gasteiger partial charge in [0.05, 0.1) is 17.2 Å². The van der Waals surface area contributed by atoms with E-state index in [1.165, 1.54) is 5.56 Å². The van der Waals surface area contributed by atoms with E-state index in [2.05, 4.69) is 39.6 Å². The van der Waals surface area contributed by atoms with E-state index in [1.54, 1.807) is 6.33 Å². The molecule has 7 heteroatoms. The Morgan fingerprint density at radius 2 is 1.43 bits per heavy atom. The van der Waals surface area contributed by atoms with Crippen molar-refractivity contribution in [3.63, 3.8) is 0 Å². The lowest BCUT2D eigenvalue weighted by molar-refractivity contribution is 0.854. The zero-order valence-electron chi connectivity index (χ0n) is 16.9. The quantitative estimate of drug-likeness (QED) is 0.277. The van der Waals surface area contributed by atoms with Gasteiger partial charge in [-0.2, -0.15) is 0 Å². The lowest BCUT2D eigenvalue weighted by atomic mass is 10.0. The van der Waals surface area contributed by atoms with Crippen molar-refractivity contribution in [3.8, 4) is 22.5 Å². The number of hydrogen-bond donors (Lipinski definition) is 5. The number of guanidine groups is 1. The monoisotopic (exact) mass is 401 g/mol. The highest BCUT2D eigenvalue weighted by Gasteiger charge is 2.06. The maximum atomic E-state index is 7.36. The summed E-state index contributed by atoms with van der Waals surface area (Å²) in [6.45, 7) is 0.615. The van der Waals surface area contributed by atoms with Crippen molar-refractivity contribution in [2.75, 3.05) is 6.54 Å². The van der Waals surface area contributed by atoms with E-state index in [0.29, 0.717) is 13.0 Å². The second-order valence-electron chi connectivity index (χ2n) is 7.16. The van der Waals surface area contributed by atoms with Gasteiger partial charge in [-0.25, -0.2) is 9.97 Å². The number of benzene rings is 2. The minimum atomic E-state index is -0.0184. The molecular formula is C23H27N7. The van der Waals surface area contributed by atoms with E-state index < -0.39 is 0 Å². The maximum Gasteiger partial charge on any atom is 0.185 e. The Labute approximate surface area is 176 Å². The summed E-state index contributed by atoms with van der Waals surface area (Å²) >= 11 is 0. The van der Waals surface area contributed by atoms with Gasteiger partial charge in [0, 0.05) is 24.1 Å². The van der Waals surface area contributed by atoms with E-state index in [1.807, 2.05) is 30.3 Å². The fourth-order valence-electron chi connectivity index (χ4n) is 3.27. The number of nitrogens with zero attached hydrogens (tertiary/aromatic N) is 2. The molecular weight excluding hydrogens is 374 g/mol. The van der Waals surface area contributed by atoms with Crippen LogP contribution in [0.4, 0.5) is 0 Å². The van der Waals surface area contributed by atoms with Crippen molar-refractivity contribution >= 4 is 11.8 Å². The Hall–Kier alpha value is -3.74. The first-order valence-electron chi connectivity index (χ1n) is 9.93. The Morgan fingerprint density at radius 1 is 0.833 bits per heavy atom. The molecule has 3 rings (SSSR count). The van der Waals surface area contributed by atoms with Crippen LogP contribution in [-0.4, -0.2) is 28.3 Å². The third-order valence-electron chi connectivity index (χ3n) is 4.75. The van der Waals surface area contributed by atoms with Crippen molar-refractivity contribution in [2.24, 2.45) is 11.5 Å². The highest BCUT2D eigenvalue weighted by Crippen LogP contribution is 2.24. The molecule has 30 heavy (non-hydrogen) atoms. The van der Waals surface area contributed by atoms with Crippen molar-refractivity contribution in [3.05, 3.63) is 72.1 Å². The topological polar surface area (TPSA) is 138 Å². The minimum absolute atomic E-state index is 0.0184. The van der Waals surface area contributed by atoms with Gasteiger partial charge in [-0.1, -0.05) is 36.4 Å². The molecule has 0 bridgehead atoms. The molecule has 0 unspecified atom stereocenters. The van der Waals surface area contributed by atoms with Gasteiger partial charge in [-0.15, -0.1) is 0 Å². The molecule has 1 heterocycles. The van der Waals surface area contributed by atoms with Crippen LogP contribution in [0.25, 0.3) is 22.5 Å². The molecule has 0 amide bonds. The molecule has 154 valence electrons. The number of amidine groups is 1. The van der Waals surface area contributed by atoms with E-state index in [9.17, 15) is 0 Å². The molecule has 0 saturated carbocycles. The average molecular weight is 402 g/mol. The fourth-order valence-corrected chi connectivity index (χ4v) is 3.27. The highest BCUT2D eigenvalue weighted by atomic mass is 15.0. The van der Waals surface area contributed by atoms with Crippen LogP contribution in [-0.2, 0) is 12.8 Å². The molecule has 0 radical (unpaired) electrons. The third-order valence-corrected chi connectivity index (χ3v) is 4.75. The molecule has 0 fully saturated rings. The Morgan fingerprint density at radius 3 is 2.00 bits per heavy atom. The molecule has 0 atom stereocenters. The van der Waals surface area contributed by atoms with Gasteiger partial charge >= 0.3 is 0 Å². The number of hydrogen-bond acceptors (Lipinski definition) is 4. The van der Waals surface area contributed by atoms with Crippen LogP contribution in [0.15, 0.2) is 60.9 Å². The maximum absolute atomic E-state index is 7.36. The standard InChI is InChI=1S/C23H27N7/c24-22(25)9-3-6-16-4-1-7-18(12-16)20-14-21(30-15-29-20)19-8-2-5-17(13-19)10-11-28-23(26)27/h1-2,4-5,7-8,12-15H,3,6,9-11H2,(H3,24,25)(H4,26,27,28). The smallest absolute Gasteiger partial charge is 0.185 e. The van der Waals surface area contributed by atoms with Gasteiger partial charge in [0.2, 0.25) is 0 Å². The van der Waals surface area contributed by atoms with E-state index in [4.69, 9.17) is 22.3 Å². The van der Waals surface area contributed by atoms with E-state index in [-0.39, 0.29) is 11.8 Å². The summed E-state index contributed by atoms with van der Waals surface area (Å²) in [6, 6.07) is 18.5. The summed E-state index contributed by atoms with van der Waals surface area (Å²) in [5.41, 5.74) is 16.9. The molecule has 2 aromatic carbocycles. The van der Waals surface area contributed by atoms with E-state index in [0.717, 1.165) is 47.3 Å². The van der Waals surface area contributed by atoms with Crippen LogP contribution < -0.4 is 16.8 Å². The molecule has 0 saturated heterocycles. The number of nitrogens with two attached hydrogens (primary N) is 2. The summed E-state index contributed by atoms with van der Waals surface area (Å²) in [6.07, 6.45) is 4.71. The van der Waals surface area contributed by atoms with Gasteiger partial charge in [0.25, 0.3) is 0 Å². The van der Waals surface area contributed by atoms with Gasteiger partial charge in [0.15, 0.2) is 5.96 Å². The zero-order valence-corrected chi connectivity index (χ0v) is 16.9. The highest BCUT2D eigenvalue weighted by molar-refractivity contribution is 5.76. The molecule has 0 aliphatic heterocycles. The first kappa shape index (κ1) is 21.0. The molecule has 7 nitrogen and oxygen atoms in total. The SMILES string of the molecule is N=C(N)CCCc1cccc(-c2cc(-c3cccc(CCNC(=N)N)c3)ncn2)c1. The second kappa shape index (κ2) is 10.2. The predicted octanol–water partition coefficient (Wildman–Crippen LogP) is 3.09. The lowest BCUT2D eigenvalue weighted by Crippen LogP contribution is -2.31. The van der Waals surface area contributed by atoms with Gasteiger partial charge in [0.1, 0.15) is 6.33 Å². The van der Waals surface area contributed by atoms with Crippen LogP contribution in [0.3, 0.4) is 0 Å². The van der Waals surface area contributed by atoms with Crippen LogP contribution in [0.1, 0.15) is 24.0 Å². The zero-order chi connectivity index (χ0) is 21.3. The molecule has 7 N–H and O–H groups in total. The van der Waals surface area contributed by atoms with Crippen molar-refractivity contribution in [1.82, 2.24) is 15.3 Å². The normalized spacial score (nSPS) is 10.5. The third kappa shape index (κ3) is 6.13. The number of nitrogens with one attached hydrogen (secondary N) is 3. The van der Waals surface area contributed by atoms with Crippen LogP contribution in [0.5, 0.6) is 0 Å². The van der Waals surface area contributed by atoms with Gasteiger partial charge in [-0.3, -0.25) is 10.8 Å². The number of aromatic nitrogens is 2. The minimum Gasteiger partial charge on any atom is -0.388 e. The van der Waals surface area contributed by atoms with Crippen molar-refractivity contribution < 1.29 is 0 Å². The summed E-state index contributed by atoms with van der Waals surface area (Å²) in [7, 11) is 0. The lowest BCUT2D eigenvalue weighted by Gasteiger charge is -2.08. The van der Waals surface area contributed by atoms with Crippen molar-refractivity contribution in [1.29, 1.82) is 10.8 Å². The van der Waals surface area contributed by atoms with Crippen molar-refractivity contribution in [2.45, 2.75) is 25.7 Å². The Balaban J connectivity index is 1.76. The van der Waals surface area contributed by atoms with E-state index >= 15 is 0 Å². The first-order valence-corrected chi connectivity index (χ1v) is 9.93. The van der Waals surface area contributed by atoms with Crippen LogP contribution >= 0.6 is 0 Å². The molecule has 0 spiro atoms. The largest absolute Gasteiger partial charge is 0.388 e. The summed E-state index contributed by atoms with van der Waals surface area (Å²) in [5.74, 6) is 0.209. The number of aryl methyl sites for hydroxylation is 1. The van der Waals surface area contributed by atoms with Gasteiger partial charge in [-0.05, 0) is 48.6 Å². The van der Waals surface area contributed by atoms with Crippen LogP contribution in [0.2, 0.25) is 0 Å². The molecule has 1 aromatic heterocycles. The summed E-state index contributed by atoms with van der Waals surface area (Å²) in [4.78, 5) is 8.92. The first-order chi connectivity index (χ1) is 14.5. The van der Waals surface area contributed by atoms with Gasteiger partial charge < -0.3 is 16.8 Å². The number of rotatable bonds is 9.